The van der Waals surface area contributed by atoms with Crippen LogP contribution in [0.15, 0.2) is 24.3 Å². The lowest BCUT2D eigenvalue weighted by atomic mass is 10.2. The van der Waals surface area contributed by atoms with E-state index in [1.165, 1.54) is 0 Å². The number of hydrogen-bond acceptors (Lipinski definition) is 4. The summed E-state index contributed by atoms with van der Waals surface area (Å²) in [7, 11) is 0. The maximum absolute atomic E-state index is 12.1. The Bertz CT molecular complexity index is 472. The van der Waals surface area contributed by atoms with E-state index in [2.05, 4.69) is 10.2 Å². The molecule has 1 amide bonds. The lowest BCUT2D eigenvalue weighted by molar-refractivity contribution is -0.122. The smallest absolute Gasteiger partial charge is 0.241 e. The van der Waals surface area contributed by atoms with Crippen LogP contribution in [0.25, 0.3) is 0 Å². The van der Waals surface area contributed by atoms with Gasteiger partial charge in [-0.1, -0.05) is 0 Å². The minimum absolute atomic E-state index is 0.0355. The molecule has 1 aliphatic heterocycles. The summed E-state index contributed by atoms with van der Waals surface area (Å²) in [6.07, 6.45) is 0. The number of anilines is 1. The third-order valence-electron chi connectivity index (χ3n) is 3.25. The van der Waals surface area contributed by atoms with Crippen molar-refractivity contribution in [1.82, 2.24) is 4.90 Å². The molecule has 1 aromatic rings. The Morgan fingerprint density at radius 3 is 2.58 bits per heavy atom. The van der Waals surface area contributed by atoms with Crippen LogP contribution in [0, 0.1) is 11.3 Å². The van der Waals surface area contributed by atoms with E-state index in [0.717, 1.165) is 13.1 Å². The Morgan fingerprint density at radius 1 is 1.37 bits per heavy atom. The van der Waals surface area contributed by atoms with Crippen molar-refractivity contribution >= 4 is 11.6 Å². The first-order valence-electron chi connectivity index (χ1n) is 6.33. The predicted octanol–water partition coefficient (Wildman–Crippen LogP) is 1.22. The molecule has 0 bridgehead atoms. The molecule has 1 aliphatic rings. The number of nitriles is 1. The first-order chi connectivity index (χ1) is 9.20. The highest BCUT2D eigenvalue weighted by Crippen LogP contribution is 2.11. The van der Waals surface area contributed by atoms with Crippen molar-refractivity contribution in [2.24, 2.45) is 0 Å². The molecule has 0 spiro atoms. The van der Waals surface area contributed by atoms with Crippen LogP contribution >= 0.6 is 0 Å². The van der Waals surface area contributed by atoms with E-state index >= 15 is 0 Å². The van der Waals surface area contributed by atoms with Gasteiger partial charge in [-0.15, -0.1) is 0 Å². The molecule has 1 N–H and O–H groups in total. The van der Waals surface area contributed by atoms with Gasteiger partial charge in [0, 0.05) is 18.8 Å². The minimum atomic E-state index is -0.181. The standard InChI is InChI=1S/C14H17N3O2/c1-11(17-6-8-19-9-7-17)14(18)16-13-4-2-12(10-15)3-5-13/h2-5,11H,6-9H2,1H3,(H,16,18)/t11-/m1/s1. The van der Waals surface area contributed by atoms with Gasteiger partial charge in [0.25, 0.3) is 0 Å². The summed E-state index contributed by atoms with van der Waals surface area (Å²) in [5.41, 5.74) is 1.29. The molecule has 0 unspecified atom stereocenters. The van der Waals surface area contributed by atoms with Gasteiger partial charge in [0.1, 0.15) is 0 Å². The fourth-order valence-corrected chi connectivity index (χ4v) is 2.01. The summed E-state index contributed by atoms with van der Waals surface area (Å²) in [6.45, 7) is 4.80. The molecule has 19 heavy (non-hydrogen) atoms. The van der Waals surface area contributed by atoms with Crippen LogP contribution in [0.3, 0.4) is 0 Å². The van der Waals surface area contributed by atoms with Gasteiger partial charge in [-0.05, 0) is 31.2 Å². The number of ether oxygens (including phenoxy) is 1. The Labute approximate surface area is 112 Å². The van der Waals surface area contributed by atoms with E-state index in [4.69, 9.17) is 10.00 Å². The predicted molar refractivity (Wildman–Crippen MR) is 71.6 cm³/mol. The maximum Gasteiger partial charge on any atom is 0.241 e. The summed E-state index contributed by atoms with van der Waals surface area (Å²) in [5, 5.41) is 11.6. The summed E-state index contributed by atoms with van der Waals surface area (Å²) >= 11 is 0. The van der Waals surface area contributed by atoms with Crippen molar-refractivity contribution in [1.29, 1.82) is 5.26 Å². The number of hydrogen-bond donors (Lipinski definition) is 1. The lowest BCUT2D eigenvalue weighted by Gasteiger charge is -2.31. The summed E-state index contributed by atoms with van der Waals surface area (Å²) in [6, 6.07) is 8.72. The Kier molecular flexibility index (Phi) is 4.50. The van der Waals surface area contributed by atoms with Crippen molar-refractivity contribution in [3.8, 4) is 6.07 Å². The molecule has 1 aromatic carbocycles. The van der Waals surface area contributed by atoms with Crippen LogP contribution in [-0.4, -0.2) is 43.2 Å². The molecule has 1 fully saturated rings. The number of carbonyl (C=O) groups is 1. The summed E-state index contributed by atoms with van der Waals surface area (Å²) < 4.78 is 5.27. The molecular weight excluding hydrogens is 242 g/mol. The maximum atomic E-state index is 12.1. The van der Waals surface area contributed by atoms with Crippen LogP contribution in [0.1, 0.15) is 12.5 Å². The van der Waals surface area contributed by atoms with Crippen LogP contribution < -0.4 is 5.32 Å². The molecule has 0 aromatic heterocycles. The van der Waals surface area contributed by atoms with Crippen molar-refractivity contribution in [3.63, 3.8) is 0 Å². The molecule has 0 radical (unpaired) electrons. The number of amides is 1. The third kappa shape index (κ3) is 3.53. The van der Waals surface area contributed by atoms with Crippen LogP contribution in [0.4, 0.5) is 5.69 Å². The quantitative estimate of drug-likeness (QED) is 0.886. The van der Waals surface area contributed by atoms with E-state index in [-0.39, 0.29) is 11.9 Å². The highest BCUT2D eigenvalue weighted by Gasteiger charge is 2.22. The van der Waals surface area contributed by atoms with Gasteiger partial charge >= 0.3 is 0 Å². The molecule has 1 atom stereocenters. The molecule has 100 valence electrons. The second kappa shape index (κ2) is 6.32. The zero-order chi connectivity index (χ0) is 13.7. The molecule has 5 heteroatoms. The number of rotatable bonds is 3. The lowest BCUT2D eigenvalue weighted by Crippen LogP contribution is -2.47. The van der Waals surface area contributed by atoms with Gasteiger partial charge in [0.15, 0.2) is 0 Å². The first kappa shape index (κ1) is 13.5. The van der Waals surface area contributed by atoms with Crippen LogP contribution in [-0.2, 0) is 9.53 Å². The largest absolute Gasteiger partial charge is 0.379 e. The second-order valence-corrected chi connectivity index (χ2v) is 4.50. The molecule has 2 rings (SSSR count). The molecule has 5 nitrogen and oxygen atoms in total. The van der Waals surface area contributed by atoms with E-state index in [9.17, 15) is 4.79 Å². The fourth-order valence-electron chi connectivity index (χ4n) is 2.01. The second-order valence-electron chi connectivity index (χ2n) is 4.50. The van der Waals surface area contributed by atoms with Crippen molar-refractivity contribution in [2.75, 3.05) is 31.6 Å². The molecular formula is C14H17N3O2. The SMILES string of the molecule is C[C@H](C(=O)Nc1ccc(C#N)cc1)N1CCOCC1. The summed E-state index contributed by atoms with van der Waals surface area (Å²) in [5.74, 6) is -0.0355. The molecule has 0 saturated carbocycles. The monoisotopic (exact) mass is 259 g/mol. The van der Waals surface area contributed by atoms with Crippen LogP contribution in [0.2, 0.25) is 0 Å². The van der Waals surface area contributed by atoms with Crippen LogP contribution in [0.5, 0.6) is 0 Å². The first-order valence-corrected chi connectivity index (χ1v) is 6.33. The van der Waals surface area contributed by atoms with Crippen molar-refractivity contribution in [2.45, 2.75) is 13.0 Å². The van der Waals surface area contributed by atoms with Crippen molar-refractivity contribution < 1.29 is 9.53 Å². The molecule has 1 heterocycles. The Morgan fingerprint density at radius 2 is 2.00 bits per heavy atom. The number of carbonyl (C=O) groups excluding carboxylic acids is 1. The third-order valence-corrected chi connectivity index (χ3v) is 3.25. The van der Waals surface area contributed by atoms with Crippen molar-refractivity contribution in [3.05, 3.63) is 29.8 Å². The highest BCUT2D eigenvalue weighted by atomic mass is 16.5. The van der Waals surface area contributed by atoms with Gasteiger partial charge < -0.3 is 10.1 Å². The zero-order valence-electron chi connectivity index (χ0n) is 10.9. The Hall–Kier alpha value is -1.90. The van der Waals surface area contributed by atoms with Gasteiger partial charge in [0.05, 0.1) is 30.9 Å². The van der Waals surface area contributed by atoms with E-state index < -0.39 is 0 Å². The van der Waals surface area contributed by atoms with E-state index in [0.29, 0.717) is 24.5 Å². The molecule has 1 saturated heterocycles. The van der Waals surface area contributed by atoms with Gasteiger partial charge in [-0.2, -0.15) is 5.26 Å². The number of nitrogens with zero attached hydrogens (tertiary/aromatic N) is 2. The van der Waals surface area contributed by atoms with Gasteiger partial charge in [-0.3, -0.25) is 9.69 Å². The topological polar surface area (TPSA) is 65.4 Å². The van der Waals surface area contributed by atoms with Gasteiger partial charge in [0.2, 0.25) is 5.91 Å². The van der Waals surface area contributed by atoms with E-state index in [1.54, 1.807) is 24.3 Å². The Balaban J connectivity index is 1.93. The van der Waals surface area contributed by atoms with Gasteiger partial charge in [-0.25, -0.2) is 0 Å². The van der Waals surface area contributed by atoms with E-state index in [1.807, 2.05) is 13.0 Å². The minimum Gasteiger partial charge on any atom is -0.379 e. The average Bonchev–Trinajstić information content (AvgIpc) is 2.48. The number of benzene rings is 1. The molecule has 0 aliphatic carbocycles. The average molecular weight is 259 g/mol. The number of morpholine rings is 1. The fraction of sp³-hybridized carbons (Fsp3) is 0.429. The zero-order valence-corrected chi connectivity index (χ0v) is 10.9. The number of nitrogens with one attached hydrogen (secondary N) is 1. The summed E-state index contributed by atoms with van der Waals surface area (Å²) in [4.78, 5) is 14.2. The highest BCUT2D eigenvalue weighted by molar-refractivity contribution is 5.94. The normalized spacial score (nSPS) is 17.5.